The van der Waals surface area contributed by atoms with Crippen molar-refractivity contribution < 1.29 is 14.0 Å². The van der Waals surface area contributed by atoms with Crippen LogP contribution in [0.2, 0.25) is 0 Å². The first-order valence-corrected chi connectivity index (χ1v) is 9.83. The van der Waals surface area contributed by atoms with Gasteiger partial charge in [0.1, 0.15) is 5.82 Å². The van der Waals surface area contributed by atoms with Crippen molar-refractivity contribution in [3.05, 3.63) is 69.8 Å². The molecular weight excluding hydrogens is 377 g/mol. The number of hydrogen-bond acceptors (Lipinski definition) is 4. The normalized spacial score (nSPS) is 12.5. The van der Waals surface area contributed by atoms with E-state index in [0.717, 1.165) is 33.1 Å². The van der Waals surface area contributed by atoms with Crippen LogP contribution in [0.15, 0.2) is 47.8 Å². The summed E-state index contributed by atoms with van der Waals surface area (Å²) in [4.78, 5) is 28.1. The SMILES string of the molecule is O=C(Cc1ccc(F)cc1)NCCc1nc(-c2ccc3c(c2)CC(=O)N3)cs1. The van der Waals surface area contributed by atoms with Gasteiger partial charge >= 0.3 is 0 Å². The third kappa shape index (κ3) is 4.26. The molecule has 2 N–H and O–H groups in total. The average Bonchev–Trinajstić information content (AvgIpc) is 3.28. The summed E-state index contributed by atoms with van der Waals surface area (Å²) >= 11 is 1.55. The molecule has 2 heterocycles. The van der Waals surface area contributed by atoms with E-state index < -0.39 is 0 Å². The fourth-order valence-corrected chi connectivity index (χ4v) is 3.91. The van der Waals surface area contributed by atoms with Gasteiger partial charge < -0.3 is 10.6 Å². The third-order valence-corrected chi connectivity index (χ3v) is 5.43. The maximum atomic E-state index is 12.9. The predicted molar refractivity (Wildman–Crippen MR) is 107 cm³/mol. The van der Waals surface area contributed by atoms with Crippen LogP contribution in [0.5, 0.6) is 0 Å². The number of thiazole rings is 1. The Morgan fingerprint density at radius 2 is 2.04 bits per heavy atom. The highest BCUT2D eigenvalue weighted by molar-refractivity contribution is 7.09. The molecule has 0 unspecified atom stereocenters. The number of nitrogens with zero attached hydrogens (tertiary/aromatic N) is 1. The number of benzene rings is 2. The van der Waals surface area contributed by atoms with Crippen molar-refractivity contribution >= 4 is 28.8 Å². The van der Waals surface area contributed by atoms with Gasteiger partial charge in [0.15, 0.2) is 0 Å². The van der Waals surface area contributed by atoms with Gasteiger partial charge in [-0.25, -0.2) is 9.37 Å². The molecule has 0 radical (unpaired) electrons. The fraction of sp³-hybridized carbons (Fsp3) is 0.190. The third-order valence-electron chi connectivity index (χ3n) is 4.52. The Morgan fingerprint density at radius 1 is 1.21 bits per heavy atom. The topological polar surface area (TPSA) is 71.1 Å². The van der Waals surface area contributed by atoms with Crippen molar-refractivity contribution in [2.75, 3.05) is 11.9 Å². The van der Waals surface area contributed by atoms with E-state index in [9.17, 15) is 14.0 Å². The summed E-state index contributed by atoms with van der Waals surface area (Å²) in [5.41, 5.74) is 4.50. The van der Waals surface area contributed by atoms with Crippen LogP contribution >= 0.6 is 11.3 Å². The fourth-order valence-electron chi connectivity index (χ4n) is 3.11. The second-order valence-electron chi connectivity index (χ2n) is 6.63. The molecule has 1 aliphatic rings. The monoisotopic (exact) mass is 395 g/mol. The number of carbonyl (C=O) groups is 2. The van der Waals surface area contributed by atoms with E-state index in [2.05, 4.69) is 15.6 Å². The molecule has 0 saturated heterocycles. The molecule has 0 spiro atoms. The zero-order chi connectivity index (χ0) is 19.5. The Morgan fingerprint density at radius 3 is 2.86 bits per heavy atom. The van der Waals surface area contributed by atoms with Gasteiger partial charge in [-0.15, -0.1) is 11.3 Å². The summed E-state index contributed by atoms with van der Waals surface area (Å²) in [6.07, 6.45) is 1.27. The van der Waals surface area contributed by atoms with E-state index in [1.807, 2.05) is 23.6 Å². The minimum atomic E-state index is -0.310. The molecule has 0 fully saturated rings. The highest BCUT2D eigenvalue weighted by Crippen LogP contribution is 2.29. The van der Waals surface area contributed by atoms with E-state index in [1.165, 1.54) is 12.1 Å². The summed E-state index contributed by atoms with van der Waals surface area (Å²) in [5, 5.41) is 8.62. The zero-order valence-electron chi connectivity index (χ0n) is 15.0. The van der Waals surface area contributed by atoms with E-state index in [4.69, 9.17) is 0 Å². The summed E-state index contributed by atoms with van der Waals surface area (Å²) in [7, 11) is 0. The van der Waals surface area contributed by atoms with Crippen molar-refractivity contribution in [3.8, 4) is 11.3 Å². The van der Waals surface area contributed by atoms with Crippen LogP contribution in [0.1, 0.15) is 16.1 Å². The number of carbonyl (C=O) groups excluding carboxylic acids is 2. The molecular formula is C21H18FN3O2S. The van der Waals surface area contributed by atoms with Gasteiger partial charge in [-0.3, -0.25) is 9.59 Å². The molecule has 2 aromatic carbocycles. The molecule has 1 aromatic heterocycles. The van der Waals surface area contributed by atoms with Crippen molar-refractivity contribution in [3.63, 3.8) is 0 Å². The average molecular weight is 395 g/mol. The maximum absolute atomic E-state index is 12.9. The van der Waals surface area contributed by atoms with Crippen LogP contribution in [-0.2, 0) is 28.9 Å². The first-order chi connectivity index (χ1) is 13.6. The van der Waals surface area contributed by atoms with Crippen LogP contribution in [0.4, 0.5) is 10.1 Å². The smallest absolute Gasteiger partial charge is 0.228 e. The predicted octanol–water partition coefficient (Wildman–Crippen LogP) is 3.35. The zero-order valence-corrected chi connectivity index (χ0v) is 15.8. The standard InChI is InChI=1S/C21H18FN3O2S/c22-16-4-1-13(2-5-16)9-19(26)23-8-7-21-25-18(12-28-21)14-3-6-17-15(10-14)11-20(27)24-17/h1-6,10,12H,7-9,11H2,(H,23,26)(H,24,27). The van der Waals surface area contributed by atoms with Crippen LogP contribution in [0.25, 0.3) is 11.3 Å². The Hall–Kier alpha value is -3.06. The van der Waals surface area contributed by atoms with Gasteiger partial charge in [-0.05, 0) is 35.4 Å². The van der Waals surface area contributed by atoms with E-state index in [0.29, 0.717) is 19.4 Å². The lowest BCUT2D eigenvalue weighted by Gasteiger charge is -2.04. The number of fused-ring (bicyclic) bond motifs is 1. The van der Waals surface area contributed by atoms with Crippen LogP contribution < -0.4 is 10.6 Å². The van der Waals surface area contributed by atoms with Gasteiger partial charge in [0, 0.05) is 29.6 Å². The number of anilines is 1. The number of hydrogen-bond donors (Lipinski definition) is 2. The largest absolute Gasteiger partial charge is 0.355 e. The summed E-state index contributed by atoms with van der Waals surface area (Å²) in [6, 6.07) is 11.8. The molecule has 0 aliphatic carbocycles. The van der Waals surface area contributed by atoms with Crippen molar-refractivity contribution in [1.82, 2.24) is 10.3 Å². The Kier molecular flexibility index (Phi) is 5.16. The Bertz CT molecular complexity index is 1030. The molecule has 5 nitrogen and oxygen atoms in total. The molecule has 0 atom stereocenters. The lowest BCUT2D eigenvalue weighted by Crippen LogP contribution is -2.27. The van der Waals surface area contributed by atoms with Crippen molar-refractivity contribution in [2.24, 2.45) is 0 Å². The molecule has 2 amide bonds. The van der Waals surface area contributed by atoms with Crippen molar-refractivity contribution in [2.45, 2.75) is 19.3 Å². The Balaban J connectivity index is 1.30. The molecule has 0 bridgehead atoms. The number of nitrogens with one attached hydrogen (secondary N) is 2. The minimum Gasteiger partial charge on any atom is -0.355 e. The molecule has 142 valence electrons. The van der Waals surface area contributed by atoms with Crippen LogP contribution in [0.3, 0.4) is 0 Å². The second kappa shape index (κ2) is 7.90. The van der Waals surface area contributed by atoms with Gasteiger partial charge in [0.2, 0.25) is 11.8 Å². The molecule has 7 heteroatoms. The molecule has 28 heavy (non-hydrogen) atoms. The number of halogens is 1. The van der Waals surface area contributed by atoms with Gasteiger partial charge in [0.05, 0.1) is 23.5 Å². The lowest BCUT2D eigenvalue weighted by atomic mass is 10.1. The van der Waals surface area contributed by atoms with Crippen LogP contribution in [0, 0.1) is 5.82 Å². The molecule has 0 saturated carbocycles. The van der Waals surface area contributed by atoms with E-state index in [-0.39, 0.29) is 24.1 Å². The summed E-state index contributed by atoms with van der Waals surface area (Å²) < 4.78 is 12.9. The highest BCUT2D eigenvalue weighted by atomic mass is 32.1. The van der Waals surface area contributed by atoms with Gasteiger partial charge in [0.25, 0.3) is 0 Å². The quantitative estimate of drug-likeness (QED) is 0.672. The highest BCUT2D eigenvalue weighted by Gasteiger charge is 2.18. The van der Waals surface area contributed by atoms with Gasteiger partial charge in [-0.1, -0.05) is 18.2 Å². The van der Waals surface area contributed by atoms with Crippen molar-refractivity contribution in [1.29, 1.82) is 0 Å². The number of aromatic nitrogens is 1. The summed E-state index contributed by atoms with van der Waals surface area (Å²) in [5.74, 6) is -0.392. The molecule has 4 rings (SSSR count). The first-order valence-electron chi connectivity index (χ1n) is 8.95. The second-order valence-corrected chi connectivity index (χ2v) is 7.57. The Labute approximate surface area is 165 Å². The maximum Gasteiger partial charge on any atom is 0.228 e. The molecule has 1 aliphatic heterocycles. The first kappa shape index (κ1) is 18.3. The number of rotatable bonds is 6. The molecule has 3 aromatic rings. The van der Waals surface area contributed by atoms with Gasteiger partial charge in [-0.2, -0.15) is 0 Å². The minimum absolute atomic E-state index is 0.0162. The van der Waals surface area contributed by atoms with E-state index in [1.54, 1.807) is 23.5 Å². The number of amides is 2. The van der Waals surface area contributed by atoms with Crippen LogP contribution in [-0.4, -0.2) is 23.3 Å². The lowest BCUT2D eigenvalue weighted by molar-refractivity contribution is -0.120. The van der Waals surface area contributed by atoms with E-state index >= 15 is 0 Å². The summed E-state index contributed by atoms with van der Waals surface area (Å²) in [6.45, 7) is 0.496.